The molecule has 0 saturated carbocycles. The Hall–Kier alpha value is -3.62. The third-order valence-electron chi connectivity index (χ3n) is 5.46. The molecular weight excluding hydrogens is 421 g/mol. The minimum atomic E-state index is -4.73. The van der Waals surface area contributed by atoms with Crippen LogP contribution in [0.5, 0.6) is 0 Å². The van der Waals surface area contributed by atoms with Gasteiger partial charge >= 0.3 is 18.0 Å². The molecule has 1 fully saturated rings. The first-order valence-corrected chi connectivity index (χ1v) is 10.1. The number of hydrogen-bond donors (Lipinski definition) is 1. The van der Waals surface area contributed by atoms with E-state index in [4.69, 9.17) is 0 Å². The normalized spacial score (nSPS) is 16.2. The molecule has 0 aliphatic carbocycles. The molecule has 0 spiro atoms. The van der Waals surface area contributed by atoms with E-state index in [0.29, 0.717) is 19.4 Å². The van der Waals surface area contributed by atoms with Gasteiger partial charge in [-0.1, -0.05) is 29.8 Å². The van der Waals surface area contributed by atoms with Crippen LogP contribution >= 0.6 is 0 Å². The van der Waals surface area contributed by atoms with E-state index in [9.17, 15) is 22.8 Å². The number of likely N-dealkylation sites (tertiary alicyclic amines) is 1. The van der Waals surface area contributed by atoms with Crippen LogP contribution in [0.1, 0.15) is 35.6 Å². The Bertz CT molecular complexity index is 1140. The van der Waals surface area contributed by atoms with E-state index in [0.717, 1.165) is 23.3 Å². The monoisotopic (exact) mass is 442 g/mol. The van der Waals surface area contributed by atoms with Crippen LogP contribution in [0.15, 0.2) is 60.9 Å². The molecule has 0 unspecified atom stereocenters. The number of amides is 2. The molecule has 1 saturated heterocycles. The number of alkyl halides is 3. The number of benzene rings is 2. The number of nitrogens with zero attached hydrogens (tertiary/aromatic N) is 3. The predicted molar refractivity (Wildman–Crippen MR) is 112 cm³/mol. The first-order valence-electron chi connectivity index (χ1n) is 10.1. The van der Waals surface area contributed by atoms with Crippen LogP contribution in [0.4, 0.5) is 18.9 Å². The molecule has 1 aliphatic rings. The van der Waals surface area contributed by atoms with Crippen molar-refractivity contribution >= 4 is 17.5 Å². The van der Waals surface area contributed by atoms with E-state index < -0.39 is 29.2 Å². The van der Waals surface area contributed by atoms with Crippen molar-refractivity contribution in [2.75, 3.05) is 11.9 Å². The average Bonchev–Trinajstić information content (AvgIpc) is 3.45. The molecule has 1 aliphatic heterocycles. The Kier molecular flexibility index (Phi) is 5.73. The van der Waals surface area contributed by atoms with Gasteiger partial charge in [-0.2, -0.15) is 18.3 Å². The van der Waals surface area contributed by atoms with Crippen molar-refractivity contribution in [3.05, 3.63) is 77.6 Å². The summed E-state index contributed by atoms with van der Waals surface area (Å²) in [5.41, 5.74) is 0.591. The summed E-state index contributed by atoms with van der Waals surface area (Å²) in [6.07, 6.45) is -0.371. The molecule has 32 heavy (non-hydrogen) atoms. The number of halogens is 3. The molecule has 4 rings (SSSR count). The molecule has 9 heteroatoms. The van der Waals surface area contributed by atoms with Crippen molar-refractivity contribution in [2.45, 2.75) is 32.0 Å². The van der Waals surface area contributed by atoms with Crippen molar-refractivity contribution in [1.29, 1.82) is 0 Å². The fraction of sp³-hybridized carbons (Fsp3) is 0.261. The molecule has 1 N–H and O–H groups in total. The second-order valence-electron chi connectivity index (χ2n) is 7.70. The highest BCUT2D eigenvalue weighted by Crippen LogP contribution is 2.37. The Labute approximate surface area is 182 Å². The topological polar surface area (TPSA) is 67.2 Å². The van der Waals surface area contributed by atoms with Crippen LogP contribution in [0.2, 0.25) is 0 Å². The second kappa shape index (κ2) is 8.49. The van der Waals surface area contributed by atoms with Crippen molar-refractivity contribution in [3.8, 4) is 5.69 Å². The van der Waals surface area contributed by atoms with Gasteiger partial charge in [0.15, 0.2) is 0 Å². The van der Waals surface area contributed by atoms with Gasteiger partial charge in [0.1, 0.15) is 0 Å². The van der Waals surface area contributed by atoms with Crippen LogP contribution in [0, 0.1) is 6.92 Å². The quantitative estimate of drug-likeness (QED) is 0.608. The number of nitrogens with one attached hydrogen (secondary N) is 1. The first-order chi connectivity index (χ1) is 15.2. The number of carbonyl (C=O) groups excluding carboxylic acids is 2. The Morgan fingerprint density at radius 2 is 1.94 bits per heavy atom. The van der Waals surface area contributed by atoms with Crippen LogP contribution in [-0.2, 0) is 15.8 Å². The predicted octanol–water partition coefficient (Wildman–Crippen LogP) is 4.50. The number of rotatable bonds is 3. The fourth-order valence-corrected chi connectivity index (χ4v) is 3.98. The summed E-state index contributed by atoms with van der Waals surface area (Å²) in [5.74, 6) is -1.94. The molecule has 0 radical (unpaired) electrons. The van der Waals surface area contributed by atoms with E-state index in [-0.39, 0.29) is 11.7 Å². The van der Waals surface area contributed by atoms with E-state index in [2.05, 4.69) is 10.4 Å². The van der Waals surface area contributed by atoms with Crippen molar-refractivity contribution in [3.63, 3.8) is 0 Å². The number of anilines is 1. The Morgan fingerprint density at radius 3 is 2.62 bits per heavy atom. The zero-order chi connectivity index (χ0) is 22.9. The molecule has 0 bridgehead atoms. The van der Waals surface area contributed by atoms with E-state index in [1.165, 1.54) is 28.0 Å². The lowest BCUT2D eigenvalue weighted by Gasteiger charge is -2.25. The summed E-state index contributed by atoms with van der Waals surface area (Å²) in [4.78, 5) is 26.9. The maximum atomic E-state index is 13.7. The molecular formula is C23H21F3N4O2. The zero-order valence-corrected chi connectivity index (χ0v) is 17.3. The minimum Gasteiger partial charge on any atom is -0.327 e. The molecule has 6 nitrogen and oxygen atoms in total. The lowest BCUT2D eigenvalue weighted by molar-refractivity contribution is -0.144. The van der Waals surface area contributed by atoms with E-state index in [1.807, 2.05) is 31.2 Å². The van der Waals surface area contributed by atoms with Gasteiger partial charge in [-0.25, -0.2) is 4.68 Å². The third-order valence-corrected chi connectivity index (χ3v) is 5.46. The van der Waals surface area contributed by atoms with Gasteiger partial charge in [0.05, 0.1) is 23.0 Å². The molecule has 2 aromatic carbocycles. The van der Waals surface area contributed by atoms with Crippen molar-refractivity contribution < 1.29 is 22.8 Å². The van der Waals surface area contributed by atoms with Gasteiger partial charge < -0.3 is 10.2 Å². The molecule has 1 aromatic heterocycles. The number of carbonyl (C=O) groups is 2. The number of aromatic nitrogens is 2. The highest BCUT2D eigenvalue weighted by Gasteiger charge is 2.37. The summed E-state index contributed by atoms with van der Waals surface area (Å²) < 4.78 is 42.3. The largest absolute Gasteiger partial charge is 0.418 e. The molecule has 2 amide bonds. The average molecular weight is 442 g/mol. The van der Waals surface area contributed by atoms with Crippen LogP contribution in [-0.4, -0.2) is 33.0 Å². The maximum Gasteiger partial charge on any atom is 0.418 e. The summed E-state index contributed by atoms with van der Waals surface area (Å²) in [6.45, 7) is 2.30. The number of aryl methyl sites for hydroxylation is 1. The minimum absolute atomic E-state index is 0.186. The highest BCUT2D eigenvalue weighted by atomic mass is 19.4. The van der Waals surface area contributed by atoms with Crippen molar-refractivity contribution in [1.82, 2.24) is 14.7 Å². The summed E-state index contributed by atoms with van der Waals surface area (Å²) in [7, 11) is 0. The lowest BCUT2D eigenvalue weighted by atomic mass is 10.0. The van der Waals surface area contributed by atoms with Gasteiger partial charge in [-0.05, 0) is 49.6 Å². The second-order valence-corrected chi connectivity index (χ2v) is 7.70. The van der Waals surface area contributed by atoms with Gasteiger partial charge in [-0.3, -0.25) is 9.59 Å². The van der Waals surface area contributed by atoms with Gasteiger partial charge in [0, 0.05) is 18.9 Å². The van der Waals surface area contributed by atoms with E-state index >= 15 is 0 Å². The Balaban J connectivity index is 1.57. The summed E-state index contributed by atoms with van der Waals surface area (Å²) in [5, 5.41) is 6.10. The van der Waals surface area contributed by atoms with Gasteiger partial charge in [0.25, 0.3) is 0 Å². The van der Waals surface area contributed by atoms with Gasteiger partial charge in [0.2, 0.25) is 0 Å². The summed E-state index contributed by atoms with van der Waals surface area (Å²) in [6, 6.07) is 12.4. The summed E-state index contributed by atoms with van der Waals surface area (Å²) >= 11 is 0. The molecule has 2 heterocycles. The van der Waals surface area contributed by atoms with Crippen LogP contribution in [0.25, 0.3) is 5.69 Å². The standard InChI is InChI=1S/C23H21F3N4O2/c1-15-5-2-6-16(13-15)20-7-3-11-29(20)22(32)21(31)28-19-9-8-17(30-12-4-10-27-30)14-18(19)23(24,25)26/h2,4-6,8-10,12-14,20H,3,7,11H2,1H3,(H,28,31)/t20-/m0/s1. The fourth-order valence-electron chi connectivity index (χ4n) is 3.98. The third kappa shape index (κ3) is 4.37. The Morgan fingerprint density at radius 1 is 1.12 bits per heavy atom. The maximum absolute atomic E-state index is 13.7. The SMILES string of the molecule is Cc1cccc([C@@H]2CCCN2C(=O)C(=O)Nc2ccc(-n3cccn3)cc2C(F)(F)F)c1. The molecule has 1 atom stereocenters. The smallest absolute Gasteiger partial charge is 0.327 e. The first kappa shape index (κ1) is 21.6. The van der Waals surface area contributed by atoms with Gasteiger partial charge in [-0.15, -0.1) is 0 Å². The van der Waals surface area contributed by atoms with Crippen LogP contribution in [0.3, 0.4) is 0 Å². The highest BCUT2D eigenvalue weighted by molar-refractivity contribution is 6.39. The number of hydrogen-bond acceptors (Lipinski definition) is 3. The molecule has 3 aromatic rings. The van der Waals surface area contributed by atoms with E-state index in [1.54, 1.807) is 6.07 Å². The zero-order valence-electron chi connectivity index (χ0n) is 17.3. The lowest BCUT2D eigenvalue weighted by Crippen LogP contribution is -2.39. The van der Waals surface area contributed by atoms with Crippen LogP contribution < -0.4 is 5.32 Å². The van der Waals surface area contributed by atoms with Crippen molar-refractivity contribution in [2.24, 2.45) is 0 Å². The molecule has 166 valence electrons.